The molecule has 5 nitrogen and oxygen atoms in total. The van der Waals surface area contributed by atoms with Gasteiger partial charge in [-0.15, -0.1) is 0 Å². The molecule has 3 rings (SSSR count). The summed E-state index contributed by atoms with van der Waals surface area (Å²) in [6.45, 7) is 0. The lowest BCUT2D eigenvalue weighted by Crippen LogP contribution is -2.21. The van der Waals surface area contributed by atoms with Gasteiger partial charge in [-0.3, -0.25) is 4.79 Å². The quantitative estimate of drug-likeness (QED) is 0.641. The van der Waals surface area contributed by atoms with Gasteiger partial charge in [0, 0.05) is 23.6 Å². The van der Waals surface area contributed by atoms with Crippen LogP contribution in [0, 0.1) is 0 Å². The van der Waals surface area contributed by atoms with E-state index in [0.717, 1.165) is 16.9 Å². The molecule has 0 saturated carbocycles. The molecule has 2 aromatic carbocycles. The monoisotopic (exact) mass is 314 g/mol. The fourth-order valence-electron chi connectivity index (χ4n) is 2.85. The molecule has 2 aromatic rings. The zero-order valence-electron chi connectivity index (χ0n) is 13.3. The number of benzene rings is 2. The van der Waals surface area contributed by atoms with E-state index >= 15 is 0 Å². The number of carbonyl (C=O) groups excluding carboxylic acids is 1. The van der Waals surface area contributed by atoms with Crippen molar-refractivity contribution in [3.63, 3.8) is 0 Å². The second-order valence-corrected chi connectivity index (χ2v) is 5.25. The Bertz CT molecular complexity index is 721. The molecule has 120 valence electrons. The van der Waals surface area contributed by atoms with E-state index in [4.69, 9.17) is 18.9 Å². The van der Waals surface area contributed by atoms with Crippen LogP contribution in [0.3, 0.4) is 0 Å². The summed E-state index contributed by atoms with van der Waals surface area (Å²) in [5, 5.41) is 0. The van der Waals surface area contributed by atoms with E-state index in [1.807, 2.05) is 24.3 Å². The molecule has 0 radical (unpaired) electrons. The van der Waals surface area contributed by atoms with Gasteiger partial charge in [-0.1, -0.05) is 12.1 Å². The van der Waals surface area contributed by atoms with E-state index in [1.54, 1.807) is 33.5 Å². The minimum atomic E-state index is -0.270. The molecule has 0 aromatic heterocycles. The van der Waals surface area contributed by atoms with Gasteiger partial charge in [0.25, 0.3) is 0 Å². The molecule has 0 bridgehead atoms. The lowest BCUT2D eigenvalue weighted by atomic mass is 9.85. The van der Waals surface area contributed by atoms with Crippen molar-refractivity contribution in [3.05, 3.63) is 47.5 Å². The molecule has 1 unspecified atom stereocenters. The first-order chi connectivity index (χ1) is 11.2. The smallest absolute Gasteiger partial charge is 0.312 e. The van der Waals surface area contributed by atoms with E-state index in [-0.39, 0.29) is 18.3 Å². The maximum atomic E-state index is 12.0. The Balaban J connectivity index is 2.11. The van der Waals surface area contributed by atoms with Crippen LogP contribution in [0.25, 0.3) is 0 Å². The van der Waals surface area contributed by atoms with E-state index < -0.39 is 0 Å². The molecular formula is C18H18O5. The number of hydrogen-bond donors (Lipinski definition) is 0. The van der Waals surface area contributed by atoms with Gasteiger partial charge in [0.2, 0.25) is 0 Å². The fourth-order valence-corrected chi connectivity index (χ4v) is 2.85. The largest absolute Gasteiger partial charge is 0.497 e. The summed E-state index contributed by atoms with van der Waals surface area (Å²) in [5.74, 6) is 2.09. The highest BCUT2D eigenvalue weighted by Crippen LogP contribution is 2.46. The number of rotatable bonds is 4. The first kappa shape index (κ1) is 15.2. The predicted octanol–water partition coefficient (Wildman–Crippen LogP) is 3.15. The maximum Gasteiger partial charge on any atom is 0.312 e. The molecule has 0 N–H and O–H groups in total. The molecule has 0 fully saturated rings. The number of fused-ring (bicyclic) bond motifs is 1. The third-order valence-electron chi connectivity index (χ3n) is 3.99. The number of carbonyl (C=O) groups is 1. The van der Waals surface area contributed by atoms with Crippen LogP contribution in [0.1, 0.15) is 23.5 Å². The van der Waals surface area contributed by atoms with Crippen LogP contribution in [0.5, 0.6) is 23.0 Å². The minimum Gasteiger partial charge on any atom is -0.497 e. The van der Waals surface area contributed by atoms with Gasteiger partial charge in [-0.25, -0.2) is 0 Å². The Hall–Kier alpha value is -2.69. The number of esters is 1. The molecule has 0 amide bonds. The topological polar surface area (TPSA) is 54.0 Å². The molecular weight excluding hydrogens is 296 g/mol. The van der Waals surface area contributed by atoms with Gasteiger partial charge >= 0.3 is 5.97 Å². The Kier molecular flexibility index (Phi) is 4.10. The standard InChI is InChI=1S/C18H18O5/c1-20-12-6-4-11(5-7-12)14-10-17(19)23-16-9-13(21-2)8-15(22-3)18(14)16/h4-9,14H,10H2,1-3H3. The van der Waals surface area contributed by atoms with Gasteiger partial charge < -0.3 is 18.9 Å². The van der Waals surface area contributed by atoms with Crippen molar-refractivity contribution in [2.24, 2.45) is 0 Å². The van der Waals surface area contributed by atoms with E-state index in [1.165, 1.54) is 0 Å². The van der Waals surface area contributed by atoms with Crippen molar-refractivity contribution < 1.29 is 23.7 Å². The fraction of sp³-hybridized carbons (Fsp3) is 0.278. The van der Waals surface area contributed by atoms with Crippen molar-refractivity contribution in [2.45, 2.75) is 12.3 Å². The SMILES string of the molecule is COc1ccc(C2CC(=O)Oc3cc(OC)cc(OC)c32)cc1. The molecule has 23 heavy (non-hydrogen) atoms. The van der Waals surface area contributed by atoms with E-state index in [2.05, 4.69) is 0 Å². The average Bonchev–Trinajstić information content (AvgIpc) is 2.59. The van der Waals surface area contributed by atoms with Crippen molar-refractivity contribution >= 4 is 5.97 Å². The Morgan fingerprint density at radius 2 is 1.65 bits per heavy atom. The van der Waals surface area contributed by atoms with Crippen LogP contribution in [0.15, 0.2) is 36.4 Å². The second kappa shape index (κ2) is 6.20. The summed E-state index contributed by atoms with van der Waals surface area (Å²) >= 11 is 0. The van der Waals surface area contributed by atoms with Crippen LogP contribution in [-0.4, -0.2) is 27.3 Å². The van der Waals surface area contributed by atoms with Gasteiger partial charge in [-0.05, 0) is 17.7 Å². The molecule has 0 aliphatic carbocycles. The van der Waals surface area contributed by atoms with Gasteiger partial charge in [0.05, 0.1) is 27.8 Å². The van der Waals surface area contributed by atoms with Crippen LogP contribution < -0.4 is 18.9 Å². The second-order valence-electron chi connectivity index (χ2n) is 5.25. The van der Waals surface area contributed by atoms with Gasteiger partial charge in [0.1, 0.15) is 23.0 Å². The third kappa shape index (κ3) is 2.82. The normalized spacial score (nSPS) is 16.3. The molecule has 1 atom stereocenters. The molecule has 1 aliphatic heterocycles. The van der Waals surface area contributed by atoms with E-state index in [0.29, 0.717) is 17.2 Å². The summed E-state index contributed by atoms with van der Waals surface area (Å²) in [7, 11) is 4.78. The van der Waals surface area contributed by atoms with Crippen LogP contribution in [0.4, 0.5) is 0 Å². The predicted molar refractivity (Wildman–Crippen MR) is 84.6 cm³/mol. The molecule has 0 spiro atoms. The molecule has 0 saturated heterocycles. The van der Waals surface area contributed by atoms with Gasteiger partial charge in [-0.2, -0.15) is 0 Å². The highest BCUT2D eigenvalue weighted by Gasteiger charge is 2.32. The van der Waals surface area contributed by atoms with Crippen LogP contribution in [0.2, 0.25) is 0 Å². The Labute approximate surface area is 134 Å². The molecule has 1 heterocycles. The number of ether oxygens (including phenoxy) is 4. The van der Waals surface area contributed by atoms with Crippen molar-refractivity contribution in [3.8, 4) is 23.0 Å². The molecule has 5 heteroatoms. The third-order valence-corrected chi connectivity index (χ3v) is 3.99. The van der Waals surface area contributed by atoms with Crippen molar-refractivity contribution in [1.29, 1.82) is 0 Å². The highest BCUT2D eigenvalue weighted by molar-refractivity contribution is 5.79. The highest BCUT2D eigenvalue weighted by atomic mass is 16.5. The summed E-state index contributed by atoms with van der Waals surface area (Å²) in [4.78, 5) is 12.0. The Morgan fingerprint density at radius 3 is 2.26 bits per heavy atom. The summed E-state index contributed by atoms with van der Waals surface area (Å²) in [5.41, 5.74) is 1.87. The lowest BCUT2D eigenvalue weighted by molar-refractivity contribution is -0.135. The zero-order valence-corrected chi connectivity index (χ0v) is 13.3. The first-order valence-electron chi connectivity index (χ1n) is 7.26. The summed E-state index contributed by atoms with van der Waals surface area (Å²) in [6, 6.07) is 11.2. The van der Waals surface area contributed by atoms with Crippen molar-refractivity contribution in [1.82, 2.24) is 0 Å². The zero-order chi connectivity index (χ0) is 16.4. The Morgan fingerprint density at radius 1 is 0.957 bits per heavy atom. The summed E-state index contributed by atoms with van der Waals surface area (Å²) < 4.78 is 21.3. The first-order valence-corrected chi connectivity index (χ1v) is 7.26. The summed E-state index contributed by atoms with van der Waals surface area (Å²) in [6.07, 6.45) is 0.266. The van der Waals surface area contributed by atoms with Crippen molar-refractivity contribution in [2.75, 3.05) is 21.3 Å². The van der Waals surface area contributed by atoms with Gasteiger partial charge in [0.15, 0.2) is 0 Å². The van der Waals surface area contributed by atoms with Crippen LogP contribution in [-0.2, 0) is 4.79 Å². The van der Waals surface area contributed by atoms with Crippen LogP contribution >= 0.6 is 0 Å². The number of hydrogen-bond acceptors (Lipinski definition) is 5. The minimum absolute atomic E-state index is 0.127. The number of methoxy groups -OCH3 is 3. The lowest BCUT2D eigenvalue weighted by Gasteiger charge is -2.27. The maximum absolute atomic E-state index is 12.0. The molecule has 1 aliphatic rings. The van der Waals surface area contributed by atoms with E-state index in [9.17, 15) is 4.79 Å². The average molecular weight is 314 g/mol.